The average molecular weight is 494 g/mol. The Bertz CT molecular complexity index is 1420. The number of halogens is 4. The number of aromatic nitrogens is 1. The van der Waals surface area contributed by atoms with Crippen LogP contribution in [0.15, 0.2) is 53.5 Å². The summed E-state index contributed by atoms with van der Waals surface area (Å²) < 4.78 is 57.0. The Morgan fingerprint density at radius 3 is 2.43 bits per heavy atom. The molecular formula is C22H14F4N2O7. The van der Waals surface area contributed by atoms with Gasteiger partial charge in [0.2, 0.25) is 6.04 Å². The third-order valence-electron chi connectivity index (χ3n) is 5.57. The summed E-state index contributed by atoms with van der Waals surface area (Å²) in [5, 5.41) is 31.2. The Hall–Kier alpha value is -4.42. The van der Waals surface area contributed by atoms with Gasteiger partial charge in [-0.05, 0) is 35.4 Å². The predicted molar refractivity (Wildman–Crippen MR) is 111 cm³/mol. The molecule has 4 rings (SSSR count). The quantitative estimate of drug-likeness (QED) is 0.310. The zero-order chi connectivity index (χ0) is 25.7. The van der Waals surface area contributed by atoms with Gasteiger partial charge in [-0.2, -0.15) is 0 Å². The number of benzene rings is 2. The van der Waals surface area contributed by atoms with Crippen LogP contribution in [-0.4, -0.2) is 32.0 Å². The zero-order valence-corrected chi connectivity index (χ0v) is 17.3. The van der Waals surface area contributed by atoms with E-state index in [0.717, 1.165) is 30.5 Å². The maximum Gasteiger partial charge on any atom is 0.573 e. The van der Waals surface area contributed by atoms with Crippen molar-refractivity contribution < 1.29 is 42.2 Å². The van der Waals surface area contributed by atoms with Gasteiger partial charge in [-0.1, -0.05) is 18.2 Å². The molecule has 0 aliphatic heterocycles. The van der Waals surface area contributed by atoms with Crippen LogP contribution >= 0.6 is 0 Å². The smallest absolute Gasteiger partial charge is 0.506 e. The van der Waals surface area contributed by atoms with E-state index >= 15 is 4.39 Å². The lowest BCUT2D eigenvalue weighted by Gasteiger charge is -2.14. The van der Waals surface area contributed by atoms with E-state index < -0.39 is 69.8 Å². The summed E-state index contributed by atoms with van der Waals surface area (Å²) in [4.78, 5) is 35.2. The van der Waals surface area contributed by atoms with Crippen LogP contribution in [0.4, 0.5) is 17.6 Å². The highest BCUT2D eigenvalue weighted by molar-refractivity contribution is 5.79. The lowest BCUT2D eigenvalue weighted by Crippen LogP contribution is -2.26. The highest BCUT2D eigenvalue weighted by atomic mass is 19.4. The molecule has 2 unspecified atom stereocenters. The third-order valence-corrected chi connectivity index (χ3v) is 5.57. The molecule has 2 aromatic carbocycles. The second-order valence-electron chi connectivity index (χ2n) is 7.69. The first kappa shape index (κ1) is 23.7. The minimum atomic E-state index is -4.92. The first-order valence-electron chi connectivity index (χ1n) is 9.88. The predicted octanol–water partition coefficient (Wildman–Crippen LogP) is 4.14. The van der Waals surface area contributed by atoms with Crippen molar-refractivity contribution in [1.29, 1.82) is 0 Å². The fourth-order valence-corrected chi connectivity index (χ4v) is 4.13. The fourth-order valence-electron chi connectivity index (χ4n) is 4.13. The summed E-state index contributed by atoms with van der Waals surface area (Å²) in [6.07, 6.45) is -4.71. The van der Waals surface area contributed by atoms with Gasteiger partial charge in [-0.15, -0.1) is 13.2 Å². The number of carboxylic acid groups (broad SMARTS) is 1. The molecule has 2 atom stereocenters. The molecule has 1 aromatic heterocycles. The van der Waals surface area contributed by atoms with Gasteiger partial charge in [0.25, 0.3) is 5.56 Å². The highest BCUT2D eigenvalue weighted by Gasteiger charge is 2.46. The number of alkyl halides is 3. The van der Waals surface area contributed by atoms with E-state index in [9.17, 15) is 43.1 Å². The second-order valence-corrected chi connectivity index (χ2v) is 7.69. The number of hydrogen-bond acceptors (Lipinski definition) is 6. The maximum atomic E-state index is 15.0. The Morgan fingerprint density at radius 1 is 1.14 bits per heavy atom. The van der Waals surface area contributed by atoms with Crippen molar-refractivity contribution in [2.24, 2.45) is 0 Å². The number of nitro groups is 1. The van der Waals surface area contributed by atoms with Crippen LogP contribution in [0.25, 0.3) is 16.8 Å². The SMILES string of the molecule is O=C(O)C1CC([N+](=O)[O-])c2c1c(O)cn(-c1ccc(-c3cccc(OC(F)(F)F)c3)cc1F)c2=O. The Kier molecular flexibility index (Phi) is 5.71. The van der Waals surface area contributed by atoms with Gasteiger partial charge >= 0.3 is 12.3 Å². The van der Waals surface area contributed by atoms with Crippen LogP contribution in [0.5, 0.6) is 11.5 Å². The second kappa shape index (κ2) is 8.42. The molecule has 3 aromatic rings. The standard InChI is InChI=1S/C22H14F4N2O7/c23-14-7-11(10-2-1-3-12(6-10)35-22(24,25)26)4-5-15(14)27-9-17(29)18-13(21(31)32)8-16(28(33)34)19(18)20(27)30/h1-7,9,13,16,29H,8H2,(H,31,32). The largest absolute Gasteiger partial charge is 0.573 e. The number of fused-ring (bicyclic) bond motifs is 1. The van der Waals surface area contributed by atoms with E-state index in [-0.39, 0.29) is 16.7 Å². The monoisotopic (exact) mass is 494 g/mol. The zero-order valence-electron chi connectivity index (χ0n) is 17.3. The number of aromatic hydroxyl groups is 1. The molecule has 0 fully saturated rings. The third kappa shape index (κ3) is 4.39. The summed E-state index contributed by atoms with van der Waals surface area (Å²) in [6, 6.07) is 6.35. The van der Waals surface area contributed by atoms with Crippen molar-refractivity contribution in [3.05, 3.63) is 86.1 Å². The van der Waals surface area contributed by atoms with Gasteiger partial charge in [-0.3, -0.25) is 24.3 Å². The number of rotatable bonds is 5. The number of pyridine rings is 1. The summed E-state index contributed by atoms with van der Waals surface area (Å²) in [7, 11) is 0. The van der Waals surface area contributed by atoms with Gasteiger partial charge in [0, 0.05) is 16.9 Å². The Morgan fingerprint density at radius 2 is 1.83 bits per heavy atom. The van der Waals surface area contributed by atoms with E-state index in [2.05, 4.69) is 4.74 Å². The van der Waals surface area contributed by atoms with Crippen LogP contribution in [-0.2, 0) is 4.79 Å². The van der Waals surface area contributed by atoms with Crippen molar-refractivity contribution in [2.75, 3.05) is 0 Å². The minimum absolute atomic E-state index is 0.131. The molecule has 9 nitrogen and oxygen atoms in total. The van der Waals surface area contributed by atoms with Gasteiger partial charge in [0.15, 0.2) is 0 Å². The van der Waals surface area contributed by atoms with Crippen LogP contribution in [0.2, 0.25) is 0 Å². The molecule has 1 aliphatic carbocycles. The molecule has 0 saturated heterocycles. The number of nitrogens with zero attached hydrogens (tertiary/aromatic N) is 2. The molecule has 182 valence electrons. The van der Waals surface area contributed by atoms with Crippen molar-refractivity contribution in [3.8, 4) is 28.3 Å². The normalized spacial score (nSPS) is 17.1. The van der Waals surface area contributed by atoms with Gasteiger partial charge in [-0.25, -0.2) is 4.39 Å². The van der Waals surface area contributed by atoms with Crippen LogP contribution in [0.3, 0.4) is 0 Å². The first-order chi connectivity index (χ1) is 16.4. The summed E-state index contributed by atoms with van der Waals surface area (Å²) in [5.74, 6) is -5.23. The van der Waals surface area contributed by atoms with E-state index in [1.54, 1.807) is 0 Å². The number of carbonyl (C=O) groups is 1. The lowest BCUT2D eigenvalue weighted by molar-refractivity contribution is -0.528. The number of carboxylic acids is 1. The molecule has 1 aliphatic rings. The Labute approximate surface area is 192 Å². The van der Waals surface area contributed by atoms with Crippen LogP contribution in [0.1, 0.15) is 29.5 Å². The molecule has 0 saturated carbocycles. The van der Waals surface area contributed by atoms with Crippen LogP contribution in [0, 0.1) is 15.9 Å². The molecule has 0 spiro atoms. The van der Waals surface area contributed by atoms with E-state index in [4.69, 9.17) is 0 Å². The van der Waals surface area contributed by atoms with E-state index in [1.165, 1.54) is 18.2 Å². The van der Waals surface area contributed by atoms with E-state index in [0.29, 0.717) is 4.57 Å². The fraction of sp³-hybridized carbons (Fsp3) is 0.182. The van der Waals surface area contributed by atoms with Crippen molar-refractivity contribution in [1.82, 2.24) is 4.57 Å². The van der Waals surface area contributed by atoms with Crippen LogP contribution < -0.4 is 10.3 Å². The first-order valence-corrected chi connectivity index (χ1v) is 9.88. The maximum absolute atomic E-state index is 15.0. The summed E-state index contributed by atoms with van der Waals surface area (Å²) in [6.45, 7) is 0. The molecule has 0 bridgehead atoms. The van der Waals surface area contributed by atoms with Gasteiger partial charge in [0.1, 0.15) is 17.3 Å². The van der Waals surface area contributed by atoms with Crippen molar-refractivity contribution in [2.45, 2.75) is 24.7 Å². The minimum Gasteiger partial charge on any atom is -0.506 e. The summed E-state index contributed by atoms with van der Waals surface area (Å²) >= 11 is 0. The Balaban J connectivity index is 1.79. The molecule has 13 heteroatoms. The lowest BCUT2D eigenvalue weighted by atomic mass is 10.0. The average Bonchev–Trinajstić information content (AvgIpc) is 3.18. The van der Waals surface area contributed by atoms with E-state index in [1.807, 2.05) is 0 Å². The highest BCUT2D eigenvalue weighted by Crippen LogP contribution is 2.44. The summed E-state index contributed by atoms with van der Waals surface area (Å²) in [5.41, 5.74) is -2.14. The molecular weight excluding hydrogens is 480 g/mol. The van der Waals surface area contributed by atoms with Gasteiger partial charge in [0.05, 0.1) is 23.4 Å². The molecule has 1 heterocycles. The number of ether oxygens (including phenoxy) is 1. The topological polar surface area (TPSA) is 132 Å². The molecule has 35 heavy (non-hydrogen) atoms. The molecule has 0 amide bonds. The van der Waals surface area contributed by atoms with Crippen molar-refractivity contribution in [3.63, 3.8) is 0 Å². The van der Waals surface area contributed by atoms with Gasteiger partial charge < -0.3 is 14.9 Å². The number of hydrogen-bond donors (Lipinski definition) is 2. The molecule has 0 radical (unpaired) electrons. The number of aliphatic carboxylic acids is 1. The van der Waals surface area contributed by atoms with Crippen molar-refractivity contribution >= 4 is 5.97 Å². The molecule has 2 N–H and O–H groups in total.